The Kier molecular flexibility index (Phi) is 4.79. The second-order valence-corrected chi connectivity index (χ2v) is 5.86. The van der Waals surface area contributed by atoms with Crippen molar-refractivity contribution in [3.63, 3.8) is 0 Å². The molecule has 0 bridgehead atoms. The van der Waals surface area contributed by atoms with Gasteiger partial charge >= 0.3 is 0 Å². The van der Waals surface area contributed by atoms with E-state index >= 15 is 0 Å². The third kappa shape index (κ3) is 3.56. The first kappa shape index (κ1) is 16.1. The summed E-state index contributed by atoms with van der Waals surface area (Å²) >= 11 is 0. The first-order valence-corrected chi connectivity index (χ1v) is 8.04. The SMILES string of the molecule is NC(=O)c1ccccc1OCC(=O)N[C@@H]1CCCc2ccccc21. The third-order valence-electron chi connectivity index (χ3n) is 4.22. The van der Waals surface area contributed by atoms with Crippen LogP contribution in [0.4, 0.5) is 0 Å². The lowest BCUT2D eigenvalue weighted by Crippen LogP contribution is -2.34. The van der Waals surface area contributed by atoms with Crippen molar-refractivity contribution in [1.82, 2.24) is 5.32 Å². The molecule has 24 heavy (non-hydrogen) atoms. The first-order valence-electron chi connectivity index (χ1n) is 8.04. The highest BCUT2D eigenvalue weighted by Gasteiger charge is 2.21. The number of carbonyl (C=O) groups is 2. The molecule has 0 unspecified atom stereocenters. The summed E-state index contributed by atoms with van der Waals surface area (Å²) in [4.78, 5) is 23.6. The molecule has 5 heteroatoms. The summed E-state index contributed by atoms with van der Waals surface area (Å²) in [6.45, 7) is -0.150. The lowest BCUT2D eigenvalue weighted by molar-refractivity contribution is -0.124. The van der Waals surface area contributed by atoms with E-state index in [4.69, 9.17) is 10.5 Å². The van der Waals surface area contributed by atoms with E-state index in [2.05, 4.69) is 17.4 Å². The zero-order valence-electron chi connectivity index (χ0n) is 13.3. The average molecular weight is 324 g/mol. The van der Waals surface area contributed by atoms with Gasteiger partial charge in [0.1, 0.15) is 5.75 Å². The van der Waals surface area contributed by atoms with Crippen LogP contribution in [0.1, 0.15) is 40.4 Å². The van der Waals surface area contributed by atoms with Gasteiger partial charge in [0, 0.05) is 0 Å². The van der Waals surface area contributed by atoms with E-state index in [9.17, 15) is 9.59 Å². The average Bonchev–Trinajstić information content (AvgIpc) is 2.60. The van der Waals surface area contributed by atoms with Gasteiger partial charge in [0.25, 0.3) is 11.8 Å². The number of primary amides is 1. The Morgan fingerprint density at radius 1 is 1.12 bits per heavy atom. The number of hydrogen-bond acceptors (Lipinski definition) is 3. The summed E-state index contributed by atoms with van der Waals surface area (Å²) < 4.78 is 5.48. The molecule has 0 saturated heterocycles. The molecule has 3 N–H and O–H groups in total. The molecule has 2 amide bonds. The lowest BCUT2D eigenvalue weighted by atomic mass is 9.88. The minimum absolute atomic E-state index is 0.0115. The number of benzene rings is 2. The van der Waals surface area contributed by atoms with Crippen LogP contribution >= 0.6 is 0 Å². The van der Waals surface area contributed by atoms with Gasteiger partial charge in [-0.05, 0) is 42.5 Å². The second-order valence-electron chi connectivity index (χ2n) is 5.86. The van der Waals surface area contributed by atoms with E-state index in [-0.39, 0.29) is 24.1 Å². The molecule has 2 aromatic carbocycles. The van der Waals surface area contributed by atoms with Crippen LogP contribution in [0.3, 0.4) is 0 Å². The molecular formula is C19H20N2O3. The fourth-order valence-electron chi connectivity index (χ4n) is 3.08. The van der Waals surface area contributed by atoms with Crippen molar-refractivity contribution in [2.45, 2.75) is 25.3 Å². The highest BCUT2D eigenvalue weighted by atomic mass is 16.5. The fourth-order valence-corrected chi connectivity index (χ4v) is 3.08. The Morgan fingerprint density at radius 2 is 1.88 bits per heavy atom. The van der Waals surface area contributed by atoms with Crippen LogP contribution in [0.25, 0.3) is 0 Å². The van der Waals surface area contributed by atoms with Gasteiger partial charge in [-0.3, -0.25) is 9.59 Å². The van der Waals surface area contributed by atoms with Crippen LogP contribution in [0.2, 0.25) is 0 Å². The van der Waals surface area contributed by atoms with Crippen molar-refractivity contribution in [2.75, 3.05) is 6.61 Å². The number of ether oxygens (including phenoxy) is 1. The van der Waals surface area contributed by atoms with E-state index in [0.29, 0.717) is 5.75 Å². The van der Waals surface area contributed by atoms with E-state index in [1.165, 1.54) is 11.1 Å². The Labute approximate surface area is 140 Å². The number of aryl methyl sites for hydroxylation is 1. The minimum Gasteiger partial charge on any atom is -0.483 e. The molecule has 0 heterocycles. The van der Waals surface area contributed by atoms with Crippen LogP contribution in [0, 0.1) is 0 Å². The molecule has 0 radical (unpaired) electrons. The van der Waals surface area contributed by atoms with Crippen molar-refractivity contribution in [3.8, 4) is 5.75 Å². The van der Waals surface area contributed by atoms with Crippen molar-refractivity contribution in [2.24, 2.45) is 5.73 Å². The molecule has 0 fully saturated rings. The van der Waals surface area contributed by atoms with E-state index in [1.54, 1.807) is 24.3 Å². The molecule has 0 spiro atoms. The molecule has 1 aliphatic carbocycles. The highest BCUT2D eigenvalue weighted by molar-refractivity contribution is 5.95. The molecule has 1 atom stereocenters. The van der Waals surface area contributed by atoms with Crippen LogP contribution in [-0.2, 0) is 11.2 Å². The van der Waals surface area contributed by atoms with Gasteiger partial charge in [0.2, 0.25) is 0 Å². The Morgan fingerprint density at radius 3 is 2.71 bits per heavy atom. The normalized spacial score (nSPS) is 16.1. The van der Waals surface area contributed by atoms with Crippen LogP contribution in [-0.4, -0.2) is 18.4 Å². The molecule has 1 aliphatic rings. The number of para-hydroxylation sites is 1. The van der Waals surface area contributed by atoms with E-state index < -0.39 is 5.91 Å². The van der Waals surface area contributed by atoms with Crippen LogP contribution < -0.4 is 15.8 Å². The van der Waals surface area contributed by atoms with Crippen molar-refractivity contribution in [1.29, 1.82) is 0 Å². The van der Waals surface area contributed by atoms with Gasteiger partial charge in [0.15, 0.2) is 6.61 Å². The second kappa shape index (κ2) is 7.17. The van der Waals surface area contributed by atoms with Crippen molar-refractivity contribution >= 4 is 11.8 Å². The molecule has 2 aromatic rings. The number of fused-ring (bicyclic) bond motifs is 1. The maximum atomic E-state index is 12.2. The summed E-state index contributed by atoms with van der Waals surface area (Å²) in [5.74, 6) is -0.465. The number of nitrogens with two attached hydrogens (primary N) is 1. The standard InChI is InChI=1S/C19H20N2O3/c20-19(23)15-9-3-4-11-17(15)24-12-18(22)21-16-10-5-7-13-6-1-2-8-14(13)16/h1-4,6,8-9,11,16H,5,7,10,12H2,(H2,20,23)(H,21,22)/t16-/m1/s1. The predicted octanol–water partition coefficient (Wildman–Crippen LogP) is 2.36. The van der Waals surface area contributed by atoms with Gasteiger partial charge in [0.05, 0.1) is 11.6 Å². The number of rotatable bonds is 5. The quantitative estimate of drug-likeness (QED) is 0.886. The maximum Gasteiger partial charge on any atom is 0.258 e. The Bertz CT molecular complexity index is 758. The van der Waals surface area contributed by atoms with E-state index in [1.807, 2.05) is 12.1 Å². The third-order valence-corrected chi connectivity index (χ3v) is 4.22. The molecule has 0 aromatic heterocycles. The van der Waals surface area contributed by atoms with Crippen molar-refractivity contribution in [3.05, 3.63) is 65.2 Å². The molecule has 0 aliphatic heterocycles. The Balaban J connectivity index is 1.62. The van der Waals surface area contributed by atoms with Crippen LogP contribution in [0.5, 0.6) is 5.75 Å². The summed E-state index contributed by atoms with van der Waals surface area (Å²) in [5, 5.41) is 3.01. The fraction of sp³-hybridized carbons (Fsp3) is 0.263. The van der Waals surface area contributed by atoms with Crippen molar-refractivity contribution < 1.29 is 14.3 Å². The zero-order chi connectivity index (χ0) is 16.9. The number of hydrogen-bond donors (Lipinski definition) is 2. The van der Waals surface area contributed by atoms with Gasteiger partial charge in [-0.25, -0.2) is 0 Å². The summed E-state index contributed by atoms with van der Waals surface area (Å²) in [7, 11) is 0. The molecule has 5 nitrogen and oxygen atoms in total. The van der Waals surface area contributed by atoms with Gasteiger partial charge in [-0.1, -0.05) is 36.4 Å². The van der Waals surface area contributed by atoms with Gasteiger partial charge in [-0.15, -0.1) is 0 Å². The largest absolute Gasteiger partial charge is 0.483 e. The van der Waals surface area contributed by atoms with E-state index in [0.717, 1.165) is 19.3 Å². The van der Waals surface area contributed by atoms with Gasteiger partial charge < -0.3 is 15.8 Å². The summed E-state index contributed by atoms with van der Waals surface area (Å²) in [6, 6.07) is 14.8. The number of nitrogens with one attached hydrogen (secondary N) is 1. The minimum atomic E-state index is -0.577. The molecule has 0 saturated carbocycles. The smallest absolute Gasteiger partial charge is 0.258 e. The number of carbonyl (C=O) groups excluding carboxylic acids is 2. The maximum absolute atomic E-state index is 12.2. The topological polar surface area (TPSA) is 81.4 Å². The lowest BCUT2D eigenvalue weighted by Gasteiger charge is -2.26. The molecule has 3 rings (SSSR count). The monoisotopic (exact) mass is 324 g/mol. The zero-order valence-corrected chi connectivity index (χ0v) is 13.3. The predicted molar refractivity (Wildman–Crippen MR) is 90.7 cm³/mol. The first-order chi connectivity index (χ1) is 11.6. The molecular weight excluding hydrogens is 304 g/mol. The molecule has 124 valence electrons. The Hall–Kier alpha value is -2.82. The number of amides is 2. The van der Waals surface area contributed by atoms with Crippen LogP contribution in [0.15, 0.2) is 48.5 Å². The summed E-state index contributed by atoms with van der Waals surface area (Å²) in [5.41, 5.74) is 8.04. The van der Waals surface area contributed by atoms with Gasteiger partial charge in [-0.2, -0.15) is 0 Å². The summed E-state index contributed by atoms with van der Waals surface area (Å²) in [6.07, 6.45) is 3.01. The highest BCUT2D eigenvalue weighted by Crippen LogP contribution is 2.29.